The Balaban J connectivity index is 1.50. The Labute approximate surface area is 154 Å². The van der Waals surface area contributed by atoms with Crippen molar-refractivity contribution in [1.82, 2.24) is 35.4 Å². The number of rotatable bonds is 7. The van der Waals surface area contributed by atoms with Crippen molar-refractivity contribution in [3.05, 3.63) is 35.9 Å². The summed E-state index contributed by atoms with van der Waals surface area (Å²) in [4.78, 5) is 18.8. The molecule has 3 heterocycles. The average molecular weight is 357 g/mol. The second-order valence-electron chi connectivity index (χ2n) is 6.98. The van der Waals surface area contributed by atoms with Crippen molar-refractivity contribution in [3.8, 4) is 0 Å². The van der Waals surface area contributed by atoms with Gasteiger partial charge in [-0.15, -0.1) is 5.10 Å². The third-order valence-corrected chi connectivity index (χ3v) is 4.64. The standard InChI is InChI=1S/C18H27N7O/c1-15(11-16-7-6-8-19-12-16)20-18(26)14-25-17(21-22-23-25)13-24-9-4-2-3-5-10-24/h6-8,12,15H,2-5,9-11,13-14H2,1H3,(H,20,26). The molecule has 1 aliphatic rings. The molecule has 2 aromatic rings. The maximum absolute atomic E-state index is 12.4. The predicted octanol–water partition coefficient (Wildman–Crippen LogP) is 1.19. The van der Waals surface area contributed by atoms with E-state index in [1.165, 1.54) is 25.7 Å². The Morgan fingerprint density at radius 2 is 2.08 bits per heavy atom. The van der Waals surface area contributed by atoms with Gasteiger partial charge < -0.3 is 5.32 Å². The Kier molecular flexibility index (Phi) is 6.65. The zero-order valence-corrected chi connectivity index (χ0v) is 15.3. The minimum Gasteiger partial charge on any atom is -0.352 e. The Bertz CT molecular complexity index is 680. The Hall–Kier alpha value is -2.35. The van der Waals surface area contributed by atoms with E-state index in [2.05, 4.69) is 30.7 Å². The number of amides is 1. The van der Waals surface area contributed by atoms with Crippen molar-refractivity contribution in [2.45, 2.75) is 58.2 Å². The molecule has 8 heteroatoms. The van der Waals surface area contributed by atoms with Crippen LogP contribution in [0.2, 0.25) is 0 Å². The minimum atomic E-state index is -0.0780. The van der Waals surface area contributed by atoms with Crippen LogP contribution in [-0.2, 0) is 24.3 Å². The van der Waals surface area contributed by atoms with Crippen LogP contribution in [0.25, 0.3) is 0 Å². The summed E-state index contributed by atoms with van der Waals surface area (Å²) in [6.45, 7) is 4.98. The summed E-state index contributed by atoms with van der Waals surface area (Å²) in [7, 11) is 0. The van der Waals surface area contributed by atoms with Gasteiger partial charge in [-0.3, -0.25) is 14.7 Å². The molecule has 0 radical (unpaired) electrons. The number of tetrazole rings is 1. The van der Waals surface area contributed by atoms with E-state index in [4.69, 9.17) is 0 Å². The lowest BCUT2D eigenvalue weighted by Crippen LogP contribution is -2.37. The lowest BCUT2D eigenvalue weighted by atomic mass is 10.1. The van der Waals surface area contributed by atoms with E-state index in [1.54, 1.807) is 10.9 Å². The zero-order chi connectivity index (χ0) is 18.2. The number of carbonyl (C=O) groups is 1. The first-order valence-electron chi connectivity index (χ1n) is 9.36. The van der Waals surface area contributed by atoms with E-state index in [1.807, 2.05) is 25.3 Å². The minimum absolute atomic E-state index is 0.0252. The van der Waals surface area contributed by atoms with E-state index in [0.717, 1.165) is 30.9 Å². The number of likely N-dealkylation sites (tertiary alicyclic amines) is 1. The molecule has 0 saturated carbocycles. The first kappa shape index (κ1) is 18.4. The second kappa shape index (κ2) is 9.38. The van der Waals surface area contributed by atoms with Crippen LogP contribution in [0.15, 0.2) is 24.5 Å². The summed E-state index contributed by atoms with van der Waals surface area (Å²) in [5.41, 5.74) is 1.10. The maximum atomic E-state index is 12.4. The van der Waals surface area contributed by atoms with Crippen LogP contribution in [0.3, 0.4) is 0 Å². The monoisotopic (exact) mass is 357 g/mol. The van der Waals surface area contributed by atoms with Gasteiger partial charge in [0.2, 0.25) is 5.91 Å². The van der Waals surface area contributed by atoms with E-state index in [-0.39, 0.29) is 18.5 Å². The van der Waals surface area contributed by atoms with Gasteiger partial charge in [0.15, 0.2) is 5.82 Å². The van der Waals surface area contributed by atoms with Gasteiger partial charge in [0, 0.05) is 18.4 Å². The molecule has 26 heavy (non-hydrogen) atoms. The summed E-state index contributed by atoms with van der Waals surface area (Å²) in [5.74, 6) is 0.674. The molecule has 0 aromatic carbocycles. The third-order valence-electron chi connectivity index (χ3n) is 4.64. The predicted molar refractivity (Wildman–Crippen MR) is 97.1 cm³/mol. The van der Waals surface area contributed by atoms with Gasteiger partial charge in [0.05, 0.1) is 6.54 Å². The lowest BCUT2D eigenvalue weighted by molar-refractivity contribution is -0.122. The fourth-order valence-electron chi connectivity index (χ4n) is 3.33. The molecule has 1 fully saturated rings. The Morgan fingerprint density at radius 1 is 1.27 bits per heavy atom. The van der Waals surface area contributed by atoms with Gasteiger partial charge in [0.25, 0.3) is 0 Å². The molecule has 0 spiro atoms. The first-order valence-corrected chi connectivity index (χ1v) is 9.36. The van der Waals surface area contributed by atoms with Gasteiger partial charge >= 0.3 is 0 Å². The highest BCUT2D eigenvalue weighted by atomic mass is 16.2. The summed E-state index contributed by atoms with van der Waals surface area (Å²) < 4.78 is 1.61. The van der Waals surface area contributed by atoms with E-state index in [0.29, 0.717) is 6.54 Å². The molecular weight excluding hydrogens is 330 g/mol. The number of nitrogens with one attached hydrogen (secondary N) is 1. The summed E-state index contributed by atoms with van der Waals surface area (Å²) in [5, 5.41) is 14.9. The molecule has 2 aromatic heterocycles. The lowest BCUT2D eigenvalue weighted by Gasteiger charge is -2.19. The molecule has 0 bridgehead atoms. The number of nitrogens with zero attached hydrogens (tertiary/aromatic N) is 6. The van der Waals surface area contributed by atoms with E-state index < -0.39 is 0 Å². The fourth-order valence-corrected chi connectivity index (χ4v) is 3.33. The van der Waals surface area contributed by atoms with Crippen LogP contribution in [0.5, 0.6) is 0 Å². The summed E-state index contributed by atoms with van der Waals surface area (Å²) in [6, 6.07) is 3.94. The average Bonchev–Trinajstić information content (AvgIpc) is 2.88. The van der Waals surface area contributed by atoms with Crippen LogP contribution in [-0.4, -0.2) is 55.1 Å². The SMILES string of the molecule is CC(Cc1cccnc1)NC(=O)Cn1nnnc1CN1CCCCCC1. The second-order valence-corrected chi connectivity index (χ2v) is 6.98. The topological polar surface area (TPSA) is 88.8 Å². The van der Waals surface area contributed by atoms with Crippen LogP contribution < -0.4 is 5.32 Å². The third kappa shape index (κ3) is 5.59. The maximum Gasteiger partial charge on any atom is 0.242 e. The molecule has 3 rings (SSSR count). The normalized spacial score (nSPS) is 16.8. The van der Waals surface area contributed by atoms with Crippen molar-refractivity contribution in [2.24, 2.45) is 0 Å². The molecule has 0 aliphatic carbocycles. The number of carbonyl (C=O) groups excluding carboxylic acids is 1. The summed E-state index contributed by atoms with van der Waals surface area (Å²) in [6.07, 6.45) is 9.33. The molecular formula is C18H27N7O. The van der Waals surface area contributed by atoms with E-state index >= 15 is 0 Å². The van der Waals surface area contributed by atoms with E-state index in [9.17, 15) is 4.79 Å². The van der Waals surface area contributed by atoms with Crippen LogP contribution in [0.4, 0.5) is 0 Å². The molecule has 8 nitrogen and oxygen atoms in total. The number of hydrogen-bond acceptors (Lipinski definition) is 6. The van der Waals surface area contributed by atoms with Gasteiger partial charge in [-0.2, -0.15) is 0 Å². The molecule has 1 N–H and O–H groups in total. The number of pyridine rings is 1. The van der Waals surface area contributed by atoms with Gasteiger partial charge in [-0.1, -0.05) is 18.9 Å². The molecule has 140 valence electrons. The van der Waals surface area contributed by atoms with Crippen LogP contribution >= 0.6 is 0 Å². The molecule has 1 atom stereocenters. The van der Waals surface area contributed by atoms with Crippen molar-refractivity contribution in [3.63, 3.8) is 0 Å². The zero-order valence-electron chi connectivity index (χ0n) is 15.3. The van der Waals surface area contributed by atoms with Gasteiger partial charge in [0.1, 0.15) is 6.54 Å². The quantitative estimate of drug-likeness (QED) is 0.801. The number of hydrogen-bond donors (Lipinski definition) is 1. The largest absolute Gasteiger partial charge is 0.352 e. The smallest absolute Gasteiger partial charge is 0.242 e. The van der Waals surface area contributed by atoms with Gasteiger partial charge in [-0.25, -0.2) is 4.68 Å². The van der Waals surface area contributed by atoms with Crippen LogP contribution in [0, 0.1) is 0 Å². The molecule has 1 unspecified atom stereocenters. The highest BCUT2D eigenvalue weighted by Crippen LogP contribution is 2.11. The Morgan fingerprint density at radius 3 is 2.81 bits per heavy atom. The van der Waals surface area contributed by atoms with Crippen molar-refractivity contribution < 1.29 is 4.79 Å². The fraction of sp³-hybridized carbons (Fsp3) is 0.611. The first-order chi connectivity index (χ1) is 12.7. The van der Waals surface area contributed by atoms with Crippen molar-refractivity contribution in [1.29, 1.82) is 0 Å². The molecule has 1 amide bonds. The van der Waals surface area contributed by atoms with Gasteiger partial charge in [-0.05, 0) is 61.3 Å². The van der Waals surface area contributed by atoms with Crippen molar-refractivity contribution in [2.75, 3.05) is 13.1 Å². The van der Waals surface area contributed by atoms with Crippen molar-refractivity contribution >= 4 is 5.91 Å². The van der Waals surface area contributed by atoms with Crippen LogP contribution in [0.1, 0.15) is 44.0 Å². The number of aromatic nitrogens is 5. The summed E-state index contributed by atoms with van der Waals surface area (Å²) >= 11 is 0. The molecule has 1 saturated heterocycles. The highest BCUT2D eigenvalue weighted by Gasteiger charge is 2.16. The highest BCUT2D eigenvalue weighted by molar-refractivity contribution is 5.75. The molecule has 1 aliphatic heterocycles.